The largest absolute Gasteiger partial charge is 0.396 e. The predicted molar refractivity (Wildman–Crippen MR) is 62.7 cm³/mol. The van der Waals surface area contributed by atoms with E-state index in [-0.39, 0.29) is 0 Å². The summed E-state index contributed by atoms with van der Waals surface area (Å²) in [6.07, 6.45) is 7.99. The SMILES string of the molecule is CCC(CCO)CNC1CC2CCC1C2. The number of nitrogens with one attached hydrogen (secondary N) is 1. The monoisotopic (exact) mass is 211 g/mol. The molecule has 4 atom stereocenters. The van der Waals surface area contributed by atoms with Crippen molar-refractivity contribution >= 4 is 0 Å². The second kappa shape index (κ2) is 5.31. The van der Waals surface area contributed by atoms with Gasteiger partial charge in [0.05, 0.1) is 0 Å². The summed E-state index contributed by atoms with van der Waals surface area (Å²) in [6.45, 7) is 3.69. The van der Waals surface area contributed by atoms with Crippen LogP contribution in [0.5, 0.6) is 0 Å². The summed E-state index contributed by atoms with van der Waals surface area (Å²) in [4.78, 5) is 0. The van der Waals surface area contributed by atoms with E-state index in [4.69, 9.17) is 5.11 Å². The zero-order valence-corrected chi connectivity index (χ0v) is 9.91. The molecule has 2 rings (SSSR count). The van der Waals surface area contributed by atoms with Crippen LogP contribution < -0.4 is 5.32 Å². The van der Waals surface area contributed by atoms with Crippen LogP contribution in [0.1, 0.15) is 45.4 Å². The third kappa shape index (κ3) is 2.73. The second-order valence-corrected chi connectivity index (χ2v) is 5.48. The Morgan fingerprint density at radius 1 is 1.33 bits per heavy atom. The summed E-state index contributed by atoms with van der Waals surface area (Å²) in [5, 5.41) is 12.7. The molecule has 2 aliphatic carbocycles. The van der Waals surface area contributed by atoms with Gasteiger partial charge >= 0.3 is 0 Å². The summed E-state index contributed by atoms with van der Waals surface area (Å²) in [6, 6.07) is 0.802. The van der Waals surface area contributed by atoms with Gasteiger partial charge in [0.2, 0.25) is 0 Å². The van der Waals surface area contributed by atoms with Crippen LogP contribution in [-0.2, 0) is 0 Å². The molecule has 4 unspecified atom stereocenters. The highest BCUT2D eigenvalue weighted by Crippen LogP contribution is 2.44. The Morgan fingerprint density at radius 2 is 2.20 bits per heavy atom. The minimum absolute atomic E-state index is 0.344. The lowest BCUT2D eigenvalue weighted by molar-refractivity contribution is 0.242. The lowest BCUT2D eigenvalue weighted by atomic mass is 9.94. The lowest BCUT2D eigenvalue weighted by Crippen LogP contribution is -2.37. The summed E-state index contributed by atoms with van der Waals surface area (Å²) in [5.74, 6) is 2.68. The van der Waals surface area contributed by atoms with Gasteiger partial charge < -0.3 is 10.4 Å². The Bertz CT molecular complexity index is 195. The molecule has 0 saturated heterocycles. The summed E-state index contributed by atoms with van der Waals surface area (Å²) in [7, 11) is 0. The van der Waals surface area contributed by atoms with Crippen LogP contribution in [0.2, 0.25) is 0 Å². The van der Waals surface area contributed by atoms with Gasteiger partial charge in [-0.2, -0.15) is 0 Å². The number of hydrogen-bond donors (Lipinski definition) is 2. The van der Waals surface area contributed by atoms with E-state index in [1.165, 1.54) is 32.1 Å². The zero-order chi connectivity index (χ0) is 10.7. The molecule has 0 spiro atoms. The molecule has 2 N–H and O–H groups in total. The van der Waals surface area contributed by atoms with Gasteiger partial charge in [-0.3, -0.25) is 0 Å². The second-order valence-electron chi connectivity index (χ2n) is 5.48. The van der Waals surface area contributed by atoms with Crippen LogP contribution in [0.15, 0.2) is 0 Å². The van der Waals surface area contributed by atoms with Crippen LogP contribution in [0.3, 0.4) is 0 Å². The molecule has 0 radical (unpaired) electrons. The van der Waals surface area contributed by atoms with E-state index < -0.39 is 0 Å². The van der Waals surface area contributed by atoms with Crippen molar-refractivity contribution in [3.63, 3.8) is 0 Å². The van der Waals surface area contributed by atoms with Crippen molar-refractivity contribution in [3.05, 3.63) is 0 Å². The first-order valence-corrected chi connectivity index (χ1v) is 6.67. The Hall–Kier alpha value is -0.0800. The molecule has 2 fully saturated rings. The molecule has 0 aromatic rings. The van der Waals surface area contributed by atoms with Crippen LogP contribution >= 0.6 is 0 Å². The van der Waals surface area contributed by atoms with Crippen molar-refractivity contribution < 1.29 is 5.11 Å². The van der Waals surface area contributed by atoms with Gasteiger partial charge in [0.1, 0.15) is 0 Å². The van der Waals surface area contributed by atoms with Crippen LogP contribution in [0.25, 0.3) is 0 Å². The molecule has 2 saturated carbocycles. The highest BCUT2D eigenvalue weighted by molar-refractivity contribution is 4.94. The first-order chi connectivity index (χ1) is 7.33. The van der Waals surface area contributed by atoms with Crippen LogP contribution in [-0.4, -0.2) is 24.3 Å². The van der Waals surface area contributed by atoms with Gasteiger partial charge in [0, 0.05) is 12.6 Å². The molecule has 15 heavy (non-hydrogen) atoms. The van der Waals surface area contributed by atoms with Gasteiger partial charge in [-0.1, -0.05) is 19.8 Å². The number of aliphatic hydroxyl groups excluding tert-OH is 1. The van der Waals surface area contributed by atoms with E-state index >= 15 is 0 Å². The molecule has 2 bridgehead atoms. The van der Waals surface area contributed by atoms with E-state index in [1.807, 2.05) is 0 Å². The smallest absolute Gasteiger partial charge is 0.0434 e. The van der Waals surface area contributed by atoms with E-state index in [9.17, 15) is 0 Å². The molecule has 0 aromatic carbocycles. The lowest BCUT2D eigenvalue weighted by Gasteiger charge is -2.25. The molecule has 0 aromatic heterocycles. The molecule has 0 aliphatic heterocycles. The standard InChI is InChI=1S/C13H25NO/c1-2-10(5-6-15)9-14-13-8-11-3-4-12(13)7-11/h10-15H,2-9H2,1H3. The number of hydrogen-bond acceptors (Lipinski definition) is 2. The van der Waals surface area contributed by atoms with Crippen molar-refractivity contribution in [1.29, 1.82) is 0 Å². The van der Waals surface area contributed by atoms with Crippen LogP contribution in [0.4, 0.5) is 0 Å². The minimum Gasteiger partial charge on any atom is -0.396 e. The average molecular weight is 211 g/mol. The molecule has 0 amide bonds. The molecule has 2 heteroatoms. The van der Waals surface area contributed by atoms with E-state index in [0.717, 1.165) is 30.8 Å². The third-order valence-corrected chi connectivity index (χ3v) is 4.52. The van der Waals surface area contributed by atoms with Crippen molar-refractivity contribution in [3.8, 4) is 0 Å². The van der Waals surface area contributed by atoms with Gasteiger partial charge in [0.25, 0.3) is 0 Å². The zero-order valence-electron chi connectivity index (χ0n) is 9.91. The maximum atomic E-state index is 8.94. The molecular formula is C13H25NO. The van der Waals surface area contributed by atoms with Gasteiger partial charge in [0.15, 0.2) is 0 Å². The maximum absolute atomic E-state index is 8.94. The highest BCUT2D eigenvalue weighted by Gasteiger charge is 2.39. The Kier molecular flexibility index (Phi) is 4.04. The normalized spacial score (nSPS) is 36.0. The predicted octanol–water partition coefficient (Wildman–Crippen LogP) is 2.17. The number of fused-ring (bicyclic) bond motifs is 2. The first kappa shape index (κ1) is 11.4. The topological polar surface area (TPSA) is 32.3 Å². The summed E-state index contributed by atoms with van der Waals surface area (Å²) < 4.78 is 0. The molecule has 2 nitrogen and oxygen atoms in total. The molecule has 0 heterocycles. The fraction of sp³-hybridized carbons (Fsp3) is 1.00. The third-order valence-electron chi connectivity index (χ3n) is 4.52. The molecule has 2 aliphatic rings. The number of aliphatic hydroxyl groups is 1. The Labute approximate surface area is 93.5 Å². The van der Waals surface area contributed by atoms with Crippen molar-refractivity contribution in [2.75, 3.05) is 13.2 Å². The maximum Gasteiger partial charge on any atom is 0.0434 e. The van der Waals surface area contributed by atoms with Crippen molar-refractivity contribution in [2.45, 2.75) is 51.5 Å². The van der Waals surface area contributed by atoms with Gasteiger partial charge in [-0.05, 0) is 50.0 Å². The summed E-state index contributed by atoms with van der Waals surface area (Å²) >= 11 is 0. The van der Waals surface area contributed by atoms with E-state index in [0.29, 0.717) is 12.5 Å². The van der Waals surface area contributed by atoms with E-state index in [2.05, 4.69) is 12.2 Å². The van der Waals surface area contributed by atoms with Crippen molar-refractivity contribution in [2.24, 2.45) is 17.8 Å². The fourth-order valence-corrected chi connectivity index (χ4v) is 3.45. The van der Waals surface area contributed by atoms with Crippen molar-refractivity contribution in [1.82, 2.24) is 5.32 Å². The molecular weight excluding hydrogens is 186 g/mol. The number of rotatable bonds is 6. The van der Waals surface area contributed by atoms with Gasteiger partial charge in [-0.25, -0.2) is 0 Å². The Balaban J connectivity index is 1.69. The van der Waals surface area contributed by atoms with Gasteiger partial charge in [-0.15, -0.1) is 0 Å². The highest BCUT2D eigenvalue weighted by atomic mass is 16.3. The average Bonchev–Trinajstić information content (AvgIpc) is 2.85. The van der Waals surface area contributed by atoms with Crippen LogP contribution in [0, 0.1) is 17.8 Å². The quantitative estimate of drug-likeness (QED) is 0.706. The fourth-order valence-electron chi connectivity index (χ4n) is 3.45. The Morgan fingerprint density at radius 3 is 2.73 bits per heavy atom. The van der Waals surface area contributed by atoms with E-state index in [1.54, 1.807) is 0 Å². The summed E-state index contributed by atoms with van der Waals surface area (Å²) in [5.41, 5.74) is 0. The first-order valence-electron chi connectivity index (χ1n) is 6.67. The minimum atomic E-state index is 0.344. The molecule has 88 valence electrons.